The Morgan fingerprint density at radius 3 is 3.00 bits per heavy atom. The molecule has 5 heteroatoms. The Morgan fingerprint density at radius 1 is 1.45 bits per heavy atom. The summed E-state index contributed by atoms with van der Waals surface area (Å²) in [6.07, 6.45) is 4.24. The molecule has 2 aromatic rings. The van der Waals surface area contributed by atoms with E-state index in [9.17, 15) is 4.39 Å². The maximum absolute atomic E-state index is 13.2. The Bertz CT molecular complexity index is 641. The first-order valence-electron chi connectivity index (χ1n) is 6.19. The third-order valence-corrected chi connectivity index (χ3v) is 2.75. The number of halogens is 1. The van der Waals surface area contributed by atoms with Crippen molar-refractivity contribution in [2.24, 2.45) is 7.05 Å². The Labute approximate surface area is 116 Å². The average Bonchev–Trinajstić information content (AvgIpc) is 2.84. The Hall–Kier alpha value is -2.32. The van der Waals surface area contributed by atoms with Crippen LogP contribution >= 0.6 is 0 Å². The van der Waals surface area contributed by atoms with Gasteiger partial charge in [-0.05, 0) is 18.2 Å². The number of hydrogen-bond acceptors (Lipinski definition) is 3. The normalized spacial score (nSPS) is 9.95. The second kappa shape index (κ2) is 6.73. The molecule has 0 aliphatic carbocycles. The highest BCUT2D eigenvalue weighted by molar-refractivity contribution is 5.46. The molecule has 0 atom stereocenters. The Morgan fingerprint density at radius 2 is 2.30 bits per heavy atom. The van der Waals surface area contributed by atoms with E-state index in [1.807, 2.05) is 17.8 Å². The molecule has 4 nitrogen and oxygen atoms in total. The molecule has 0 fully saturated rings. The summed E-state index contributed by atoms with van der Waals surface area (Å²) in [5, 5.41) is 8.70. The predicted octanol–water partition coefficient (Wildman–Crippen LogP) is 1.52. The minimum absolute atomic E-state index is 0.275. The molecule has 0 bridgehead atoms. The summed E-state index contributed by atoms with van der Waals surface area (Å²) in [5.74, 6) is 6.19. The molecule has 0 aliphatic rings. The van der Waals surface area contributed by atoms with Crippen LogP contribution in [0.1, 0.15) is 11.4 Å². The molecule has 0 saturated heterocycles. The fourth-order valence-electron chi connectivity index (χ4n) is 1.75. The van der Waals surface area contributed by atoms with Crippen LogP contribution in [0.5, 0.6) is 5.75 Å². The van der Waals surface area contributed by atoms with Crippen molar-refractivity contribution in [3.05, 3.63) is 47.8 Å². The van der Waals surface area contributed by atoms with Gasteiger partial charge in [-0.1, -0.05) is 11.8 Å². The summed E-state index contributed by atoms with van der Waals surface area (Å²) < 4.78 is 20.7. The van der Waals surface area contributed by atoms with E-state index in [4.69, 9.17) is 9.84 Å². The van der Waals surface area contributed by atoms with E-state index in [-0.39, 0.29) is 12.4 Å². The van der Waals surface area contributed by atoms with Crippen LogP contribution in [0.2, 0.25) is 0 Å². The van der Waals surface area contributed by atoms with Crippen molar-refractivity contribution < 1.29 is 14.2 Å². The molecule has 1 heterocycles. The highest BCUT2D eigenvalue weighted by Crippen LogP contribution is 2.19. The maximum Gasteiger partial charge on any atom is 0.135 e. The van der Waals surface area contributed by atoms with Gasteiger partial charge in [0.05, 0.1) is 12.2 Å². The highest BCUT2D eigenvalue weighted by Gasteiger charge is 2.05. The van der Waals surface area contributed by atoms with Crippen LogP contribution < -0.4 is 4.74 Å². The number of hydrogen-bond donors (Lipinski definition) is 1. The number of aliphatic hydroxyl groups is 1. The van der Waals surface area contributed by atoms with Crippen molar-refractivity contribution in [2.45, 2.75) is 6.42 Å². The number of rotatable bonds is 4. The van der Waals surface area contributed by atoms with E-state index in [0.717, 1.165) is 5.82 Å². The zero-order valence-electron chi connectivity index (χ0n) is 11.1. The number of nitrogens with zero attached hydrogens (tertiary/aromatic N) is 2. The molecular formula is C15H15FN2O2. The third kappa shape index (κ3) is 3.59. The van der Waals surface area contributed by atoms with Crippen LogP contribution in [0, 0.1) is 17.7 Å². The Balaban J connectivity index is 2.03. The molecule has 0 saturated carbocycles. The van der Waals surface area contributed by atoms with Crippen LogP contribution in [-0.4, -0.2) is 27.9 Å². The zero-order valence-corrected chi connectivity index (χ0v) is 11.1. The molecule has 2 rings (SSSR count). The number of aromatic nitrogens is 2. The summed E-state index contributed by atoms with van der Waals surface area (Å²) in [6, 6.07) is 4.15. The standard InChI is InChI=1S/C15H15FN2O2/c1-18-8-7-17-15(18)6-10-20-14-5-4-13(16)11-12(14)3-2-9-19/h4-5,7-8,11,19H,6,9-10H2,1H3. The number of benzene rings is 1. The quantitative estimate of drug-likeness (QED) is 0.860. The van der Waals surface area contributed by atoms with Gasteiger partial charge in [0.25, 0.3) is 0 Å². The first-order valence-corrected chi connectivity index (χ1v) is 6.19. The monoisotopic (exact) mass is 274 g/mol. The minimum Gasteiger partial charge on any atom is -0.492 e. The zero-order chi connectivity index (χ0) is 14.4. The van der Waals surface area contributed by atoms with E-state index >= 15 is 0 Å². The Kier molecular flexibility index (Phi) is 4.75. The van der Waals surface area contributed by atoms with Gasteiger partial charge in [0, 0.05) is 25.9 Å². The second-order valence-corrected chi connectivity index (χ2v) is 4.15. The molecule has 0 amide bonds. The third-order valence-electron chi connectivity index (χ3n) is 2.75. The van der Waals surface area contributed by atoms with Gasteiger partial charge in [-0.25, -0.2) is 9.37 Å². The van der Waals surface area contributed by atoms with Crippen molar-refractivity contribution in [2.75, 3.05) is 13.2 Å². The maximum atomic E-state index is 13.2. The van der Waals surface area contributed by atoms with Crippen molar-refractivity contribution in [3.8, 4) is 17.6 Å². The molecule has 0 aliphatic heterocycles. The van der Waals surface area contributed by atoms with Gasteiger partial charge >= 0.3 is 0 Å². The lowest BCUT2D eigenvalue weighted by atomic mass is 10.2. The van der Waals surface area contributed by atoms with E-state index in [1.165, 1.54) is 18.2 Å². The fourth-order valence-corrected chi connectivity index (χ4v) is 1.75. The molecule has 0 radical (unpaired) electrons. The number of aliphatic hydroxyl groups excluding tert-OH is 1. The molecule has 1 aromatic carbocycles. The smallest absolute Gasteiger partial charge is 0.135 e. The molecule has 0 spiro atoms. The van der Waals surface area contributed by atoms with Crippen LogP contribution in [0.3, 0.4) is 0 Å². The van der Waals surface area contributed by atoms with Crippen molar-refractivity contribution in [1.29, 1.82) is 0 Å². The summed E-state index contributed by atoms with van der Waals surface area (Å²) in [7, 11) is 1.92. The van der Waals surface area contributed by atoms with Crippen LogP contribution in [0.4, 0.5) is 4.39 Å². The van der Waals surface area contributed by atoms with E-state index in [0.29, 0.717) is 24.3 Å². The van der Waals surface area contributed by atoms with Crippen LogP contribution in [0.25, 0.3) is 0 Å². The van der Waals surface area contributed by atoms with Crippen molar-refractivity contribution in [1.82, 2.24) is 9.55 Å². The van der Waals surface area contributed by atoms with Gasteiger partial charge in [0.2, 0.25) is 0 Å². The van der Waals surface area contributed by atoms with Gasteiger partial charge in [-0.3, -0.25) is 0 Å². The summed E-state index contributed by atoms with van der Waals surface area (Å²) >= 11 is 0. The second-order valence-electron chi connectivity index (χ2n) is 4.15. The van der Waals surface area contributed by atoms with E-state index in [2.05, 4.69) is 16.8 Å². The molecule has 20 heavy (non-hydrogen) atoms. The number of aryl methyl sites for hydroxylation is 1. The summed E-state index contributed by atoms with van der Waals surface area (Å²) in [6.45, 7) is 0.146. The van der Waals surface area contributed by atoms with Gasteiger partial charge in [0.15, 0.2) is 0 Å². The van der Waals surface area contributed by atoms with Gasteiger partial charge in [-0.15, -0.1) is 0 Å². The van der Waals surface area contributed by atoms with Crippen LogP contribution in [0.15, 0.2) is 30.6 Å². The first kappa shape index (κ1) is 14.1. The minimum atomic E-state index is -0.385. The van der Waals surface area contributed by atoms with Gasteiger partial charge in [-0.2, -0.15) is 0 Å². The molecule has 1 N–H and O–H groups in total. The lowest BCUT2D eigenvalue weighted by Gasteiger charge is -2.08. The number of ether oxygens (including phenoxy) is 1. The number of imidazole rings is 1. The largest absolute Gasteiger partial charge is 0.492 e. The average molecular weight is 274 g/mol. The van der Waals surface area contributed by atoms with Crippen molar-refractivity contribution in [3.63, 3.8) is 0 Å². The molecule has 0 unspecified atom stereocenters. The van der Waals surface area contributed by atoms with Crippen molar-refractivity contribution >= 4 is 0 Å². The fraction of sp³-hybridized carbons (Fsp3) is 0.267. The van der Waals surface area contributed by atoms with Gasteiger partial charge < -0.3 is 14.4 Å². The lowest BCUT2D eigenvalue weighted by molar-refractivity contribution is 0.316. The first-order chi connectivity index (χ1) is 9.70. The van der Waals surface area contributed by atoms with E-state index < -0.39 is 0 Å². The molecule has 104 valence electrons. The lowest BCUT2D eigenvalue weighted by Crippen LogP contribution is -2.07. The van der Waals surface area contributed by atoms with E-state index in [1.54, 1.807) is 6.20 Å². The molecule has 1 aromatic heterocycles. The van der Waals surface area contributed by atoms with Crippen LogP contribution in [-0.2, 0) is 13.5 Å². The summed E-state index contributed by atoms with van der Waals surface area (Å²) in [5.41, 5.74) is 0.430. The van der Waals surface area contributed by atoms with Gasteiger partial charge in [0.1, 0.15) is 24.0 Å². The summed E-state index contributed by atoms with van der Waals surface area (Å²) in [4.78, 5) is 4.20. The SMILES string of the molecule is Cn1ccnc1CCOc1ccc(F)cc1C#CCO. The topological polar surface area (TPSA) is 47.3 Å². The highest BCUT2D eigenvalue weighted by atomic mass is 19.1. The predicted molar refractivity (Wildman–Crippen MR) is 72.8 cm³/mol. The molecular weight excluding hydrogens is 259 g/mol.